The highest BCUT2D eigenvalue weighted by Crippen LogP contribution is 2.33. The number of carbonyl (C=O) groups excluding carboxylic acids is 2. The largest absolute Gasteiger partial charge is 0.416 e. The van der Waals surface area contributed by atoms with Gasteiger partial charge < -0.3 is 5.32 Å². The third-order valence-corrected chi connectivity index (χ3v) is 2.79. The van der Waals surface area contributed by atoms with Gasteiger partial charge in [-0.15, -0.1) is 0 Å². The second-order valence-electron chi connectivity index (χ2n) is 4.74. The highest BCUT2D eigenvalue weighted by Gasteiger charge is 2.45. The summed E-state index contributed by atoms with van der Waals surface area (Å²) in [5, 5.41) is 2.41. The summed E-state index contributed by atoms with van der Waals surface area (Å²) in [7, 11) is 0. The Hall–Kier alpha value is -2.05. The molecule has 1 aliphatic rings. The summed E-state index contributed by atoms with van der Waals surface area (Å²) < 4.78 is 37.8. The quantitative estimate of drug-likeness (QED) is 0.799. The summed E-state index contributed by atoms with van der Waals surface area (Å²) in [6.07, 6.45) is -4.52. The molecule has 0 atom stereocenters. The molecule has 1 aliphatic heterocycles. The molecule has 0 spiro atoms. The zero-order valence-corrected chi connectivity index (χ0v) is 10.2. The van der Waals surface area contributed by atoms with Crippen molar-refractivity contribution in [3.63, 3.8) is 0 Å². The number of alkyl halides is 3. The van der Waals surface area contributed by atoms with E-state index in [-0.39, 0.29) is 5.69 Å². The predicted octanol–water partition coefficient (Wildman–Crippen LogP) is 2.54. The lowest BCUT2D eigenvalue weighted by atomic mass is 10.1. The van der Waals surface area contributed by atoms with Crippen molar-refractivity contribution in [1.82, 2.24) is 5.32 Å². The lowest BCUT2D eigenvalue weighted by Gasteiger charge is -2.17. The van der Waals surface area contributed by atoms with Gasteiger partial charge in [-0.25, -0.2) is 9.69 Å². The topological polar surface area (TPSA) is 49.4 Å². The minimum Gasteiger partial charge on any atom is -0.323 e. The number of imide groups is 1. The smallest absolute Gasteiger partial charge is 0.323 e. The Morgan fingerprint density at radius 2 is 1.84 bits per heavy atom. The van der Waals surface area contributed by atoms with Gasteiger partial charge in [-0.2, -0.15) is 13.2 Å². The van der Waals surface area contributed by atoms with E-state index in [0.717, 1.165) is 23.1 Å². The molecule has 102 valence electrons. The molecule has 1 N–H and O–H groups in total. The van der Waals surface area contributed by atoms with Crippen molar-refractivity contribution in [3.8, 4) is 0 Å². The van der Waals surface area contributed by atoms with E-state index >= 15 is 0 Å². The number of hydrogen-bond donors (Lipinski definition) is 1. The lowest BCUT2D eigenvalue weighted by molar-refractivity contribution is -0.137. The lowest BCUT2D eigenvalue weighted by Crippen LogP contribution is -2.40. The minimum absolute atomic E-state index is 0.0945. The summed E-state index contributed by atoms with van der Waals surface area (Å²) in [5.74, 6) is -0.586. The van der Waals surface area contributed by atoms with Gasteiger partial charge >= 0.3 is 12.2 Å². The molecule has 0 unspecified atom stereocenters. The van der Waals surface area contributed by atoms with Crippen molar-refractivity contribution in [2.24, 2.45) is 0 Å². The summed E-state index contributed by atoms with van der Waals surface area (Å²) in [4.78, 5) is 24.4. The maximum atomic E-state index is 12.6. The van der Waals surface area contributed by atoms with Crippen LogP contribution in [0, 0.1) is 0 Å². The fourth-order valence-electron chi connectivity index (χ4n) is 1.80. The normalized spacial score (nSPS) is 18.7. The van der Waals surface area contributed by atoms with Crippen LogP contribution in [-0.4, -0.2) is 17.5 Å². The van der Waals surface area contributed by atoms with Crippen LogP contribution < -0.4 is 10.2 Å². The molecule has 1 saturated heterocycles. The highest BCUT2D eigenvalue weighted by atomic mass is 19.4. The molecule has 0 aromatic heterocycles. The van der Waals surface area contributed by atoms with E-state index in [1.807, 2.05) is 0 Å². The molecule has 1 aromatic carbocycles. The zero-order chi connectivity index (χ0) is 14.4. The molecule has 7 heteroatoms. The highest BCUT2D eigenvalue weighted by molar-refractivity contribution is 6.23. The second kappa shape index (κ2) is 3.97. The van der Waals surface area contributed by atoms with Crippen molar-refractivity contribution >= 4 is 17.6 Å². The summed E-state index contributed by atoms with van der Waals surface area (Å²) in [5.41, 5.74) is -2.12. The molecule has 1 fully saturated rings. The number of anilines is 1. The third kappa shape index (κ3) is 2.27. The first kappa shape index (κ1) is 13.4. The van der Waals surface area contributed by atoms with Crippen LogP contribution in [0.3, 0.4) is 0 Å². The van der Waals surface area contributed by atoms with Crippen LogP contribution in [-0.2, 0) is 11.0 Å². The van der Waals surface area contributed by atoms with Gasteiger partial charge in [0, 0.05) is 0 Å². The Kier molecular flexibility index (Phi) is 2.80. The number of urea groups is 1. The number of amides is 3. The number of halogens is 3. The monoisotopic (exact) mass is 272 g/mol. The van der Waals surface area contributed by atoms with Crippen LogP contribution in [0.25, 0.3) is 0 Å². The summed E-state index contributed by atoms with van der Waals surface area (Å²) in [6, 6.07) is 3.37. The molecule has 19 heavy (non-hydrogen) atoms. The molecule has 2 rings (SSSR count). The first-order valence-corrected chi connectivity index (χ1v) is 5.47. The van der Waals surface area contributed by atoms with E-state index in [9.17, 15) is 22.8 Å². The van der Waals surface area contributed by atoms with Crippen LogP contribution >= 0.6 is 0 Å². The first-order chi connectivity index (χ1) is 8.63. The Balaban J connectivity index is 2.44. The SMILES string of the molecule is CC1(C)NC(=O)N(c2cccc(C(F)(F)F)c2)C1=O. The molecule has 0 saturated carbocycles. The molecule has 1 aromatic rings. The molecule has 0 radical (unpaired) electrons. The van der Waals surface area contributed by atoms with Gasteiger partial charge in [-0.3, -0.25) is 4.79 Å². The summed E-state index contributed by atoms with van der Waals surface area (Å²) >= 11 is 0. The van der Waals surface area contributed by atoms with Crippen LogP contribution in [0.4, 0.5) is 23.7 Å². The molecular formula is C12H11F3N2O2. The number of rotatable bonds is 1. The van der Waals surface area contributed by atoms with Gasteiger partial charge in [0.25, 0.3) is 5.91 Å². The number of hydrogen-bond acceptors (Lipinski definition) is 2. The number of nitrogens with zero attached hydrogens (tertiary/aromatic N) is 1. The first-order valence-electron chi connectivity index (χ1n) is 5.47. The van der Waals surface area contributed by atoms with Gasteiger partial charge in [0.05, 0.1) is 11.3 Å². The molecule has 1 heterocycles. The van der Waals surface area contributed by atoms with E-state index in [2.05, 4.69) is 5.32 Å². The molecular weight excluding hydrogens is 261 g/mol. The Morgan fingerprint density at radius 1 is 1.21 bits per heavy atom. The number of benzene rings is 1. The fourth-order valence-corrected chi connectivity index (χ4v) is 1.80. The fraction of sp³-hybridized carbons (Fsp3) is 0.333. The van der Waals surface area contributed by atoms with Crippen LogP contribution in [0.2, 0.25) is 0 Å². The zero-order valence-electron chi connectivity index (χ0n) is 10.2. The van der Waals surface area contributed by atoms with Crippen molar-refractivity contribution in [3.05, 3.63) is 29.8 Å². The van der Waals surface area contributed by atoms with E-state index in [1.54, 1.807) is 0 Å². The standard InChI is InChI=1S/C12H11F3N2O2/c1-11(2)9(18)17(10(19)16-11)8-5-3-4-7(6-8)12(13,14)15/h3-6H,1-2H3,(H,16,19). The number of carbonyl (C=O) groups is 2. The Morgan fingerprint density at radius 3 is 2.32 bits per heavy atom. The minimum atomic E-state index is -4.52. The van der Waals surface area contributed by atoms with E-state index in [4.69, 9.17) is 0 Å². The van der Waals surface area contributed by atoms with E-state index in [1.165, 1.54) is 19.9 Å². The van der Waals surface area contributed by atoms with Crippen molar-refractivity contribution in [2.45, 2.75) is 25.6 Å². The molecule has 0 aliphatic carbocycles. The van der Waals surface area contributed by atoms with Gasteiger partial charge in [-0.05, 0) is 32.0 Å². The Labute approximate surface area is 107 Å². The Bertz CT molecular complexity index is 552. The van der Waals surface area contributed by atoms with Crippen molar-refractivity contribution in [1.29, 1.82) is 0 Å². The van der Waals surface area contributed by atoms with E-state index < -0.39 is 29.2 Å². The van der Waals surface area contributed by atoms with Gasteiger partial charge in [-0.1, -0.05) is 6.07 Å². The number of nitrogens with one attached hydrogen (secondary N) is 1. The average Bonchev–Trinajstić information content (AvgIpc) is 2.47. The second-order valence-corrected chi connectivity index (χ2v) is 4.74. The van der Waals surface area contributed by atoms with Gasteiger partial charge in [0.2, 0.25) is 0 Å². The average molecular weight is 272 g/mol. The maximum Gasteiger partial charge on any atom is 0.416 e. The van der Waals surface area contributed by atoms with Crippen LogP contribution in [0.1, 0.15) is 19.4 Å². The van der Waals surface area contributed by atoms with Crippen LogP contribution in [0.5, 0.6) is 0 Å². The van der Waals surface area contributed by atoms with Crippen molar-refractivity contribution < 1.29 is 22.8 Å². The van der Waals surface area contributed by atoms with Crippen LogP contribution in [0.15, 0.2) is 24.3 Å². The van der Waals surface area contributed by atoms with Crippen molar-refractivity contribution in [2.75, 3.05) is 4.90 Å². The summed E-state index contributed by atoms with van der Waals surface area (Å²) in [6.45, 7) is 2.97. The molecule has 3 amide bonds. The maximum absolute atomic E-state index is 12.6. The van der Waals surface area contributed by atoms with Gasteiger partial charge in [0.1, 0.15) is 5.54 Å². The molecule has 0 bridgehead atoms. The molecule has 4 nitrogen and oxygen atoms in total. The predicted molar refractivity (Wildman–Crippen MR) is 61.5 cm³/mol. The van der Waals surface area contributed by atoms with Gasteiger partial charge in [0.15, 0.2) is 0 Å². The third-order valence-electron chi connectivity index (χ3n) is 2.79. The van der Waals surface area contributed by atoms with E-state index in [0.29, 0.717) is 0 Å².